The van der Waals surface area contributed by atoms with Crippen molar-refractivity contribution in [3.63, 3.8) is 0 Å². The average Bonchev–Trinajstić information content (AvgIpc) is 2.56. The van der Waals surface area contributed by atoms with E-state index in [-0.39, 0.29) is 0 Å². The molecular weight excluding hydrogens is 342 g/mol. The third kappa shape index (κ3) is 2.99. The van der Waals surface area contributed by atoms with E-state index in [9.17, 15) is 0 Å². The number of hydrogen-bond donors (Lipinski definition) is 1. The molecule has 0 fully saturated rings. The summed E-state index contributed by atoms with van der Waals surface area (Å²) in [5.41, 5.74) is 3.95. The van der Waals surface area contributed by atoms with Crippen LogP contribution in [0.15, 0.2) is 40.9 Å². The highest BCUT2D eigenvalue weighted by atomic mass is 79.9. The van der Waals surface area contributed by atoms with Crippen LogP contribution in [0.1, 0.15) is 22.7 Å². The molecular formula is C18H20BrNO2. The fourth-order valence-electron chi connectivity index (χ4n) is 3.03. The van der Waals surface area contributed by atoms with E-state index in [2.05, 4.69) is 51.6 Å². The van der Waals surface area contributed by atoms with E-state index < -0.39 is 0 Å². The molecule has 0 saturated carbocycles. The van der Waals surface area contributed by atoms with Gasteiger partial charge in [-0.15, -0.1) is 0 Å². The minimum atomic E-state index is 0.294. The highest BCUT2D eigenvalue weighted by Gasteiger charge is 2.23. The average molecular weight is 362 g/mol. The first-order valence-corrected chi connectivity index (χ1v) is 8.24. The molecule has 0 aliphatic carbocycles. The zero-order valence-corrected chi connectivity index (χ0v) is 14.4. The number of halogens is 1. The van der Waals surface area contributed by atoms with E-state index in [1.165, 1.54) is 16.7 Å². The van der Waals surface area contributed by atoms with Crippen LogP contribution in [0.25, 0.3) is 0 Å². The van der Waals surface area contributed by atoms with Crippen molar-refractivity contribution in [3.8, 4) is 11.5 Å². The third-order valence-electron chi connectivity index (χ3n) is 4.19. The summed E-state index contributed by atoms with van der Waals surface area (Å²) in [5, 5.41) is 3.62. The zero-order chi connectivity index (χ0) is 15.5. The van der Waals surface area contributed by atoms with E-state index in [4.69, 9.17) is 9.47 Å². The second-order valence-electron chi connectivity index (χ2n) is 5.46. The van der Waals surface area contributed by atoms with Crippen molar-refractivity contribution in [2.75, 3.05) is 20.8 Å². The molecule has 0 amide bonds. The number of rotatable bonds is 4. The van der Waals surface area contributed by atoms with Gasteiger partial charge in [0.15, 0.2) is 11.5 Å². The number of benzene rings is 2. The van der Waals surface area contributed by atoms with Gasteiger partial charge in [0.25, 0.3) is 0 Å². The lowest BCUT2D eigenvalue weighted by atomic mass is 9.90. The monoisotopic (exact) mass is 361 g/mol. The van der Waals surface area contributed by atoms with Gasteiger partial charge in [-0.2, -0.15) is 0 Å². The molecule has 0 saturated heterocycles. The van der Waals surface area contributed by atoms with Crippen LogP contribution >= 0.6 is 15.9 Å². The number of methoxy groups -OCH3 is 2. The standard InChI is InChI=1S/C18H20BrNO2/c1-21-17-10-12-7-8-20-16(14(12)11-18(17)22-2)9-13-5-3-4-6-15(13)19/h3-6,10-11,16,20H,7-9H2,1-2H3/t16-/m1/s1. The molecule has 3 nitrogen and oxygen atoms in total. The summed E-state index contributed by atoms with van der Waals surface area (Å²) in [4.78, 5) is 0. The lowest BCUT2D eigenvalue weighted by molar-refractivity contribution is 0.352. The Bertz CT molecular complexity index is 672. The number of hydrogen-bond acceptors (Lipinski definition) is 3. The number of ether oxygens (including phenoxy) is 2. The molecule has 3 rings (SSSR count). The van der Waals surface area contributed by atoms with Gasteiger partial charge in [0, 0.05) is 10.5 Å². The van der Waals surface area contributed by atoms with Gasteiger partial charge in [0.05, 0.1) is 14.2 Å². The summed E-state index contributed by atoms with van der Waals surface area (Å²) in [7, 11) is 3.37. The van der Waals surface area contributed by atoms with Crippen LogP contribution in [0.4, 0.5) is 0 Å². The summed E-state index contributed by atoms with van der Waals surface area (Å²) in [6, 6.07) is 12.9. The summed E-state index contributed by atoms with van der Waals surface area (Å²) in [6.45, 7) is 0.984. The second kappa shape index (κ2) is 6.71. The van der Waals surface area contributed by atoms with Crippen molar-refractivity contribution >= 4 is 15.9 Å². The van der Waals surface area contributed by atoms with Gasteiger partial charge in [-0.05, 0) is 54.3 Å². The summed E-state index contributed by atoms with van der Waals surface area (Å²) < 4.78 is 12.0. The molecule has 2 aromatic carbocycles. The van der Waals surface area contributed by atoms with Gasteiger partial charge >= 0.3 is 0 Å². The zero-order valence-electron chi connectivity index (χ0n) is 12.9. The molecule has 2 aromatic rings. The van der Waals surface area contributed by atoms with E-state index in [1.807, 2.05) is 6.07 Å². The van der Waals surface area contributed by atoms with Crippen LogP contribution in [0, 0.1) is 0 Å². The van der Waals surface area contributed by atoms with Crippen molar-refractivity contribution < 1.29 is 9.47 Å². The molecule has 1 N–H and O–H groups in total. The van der Waals surface area contributed by atoms with E-state index >= 15 is 0 Å². The lowest BCUT2D eigenvalue weighted by Crippen LogP contribution is -2.31. The molecule has 1 aliphatic rings. The van der Waals surface area contributed by atoms with E-state index in [0.29, 0.717) is 6.04 Å². The summed E-state index contributed by atoms with van der Waals surface area (Å²) >= 11 is 3.64. The third-order valence-corrected chi connectivity index (χ3v) is 4.96. The number of fused-ring (bicyclic) bond motifs is 1. The van der Waals surface area contributed by atoms with Crippen LogP contribution in [0.3, 0.4) is 0 Å². The molecule has 0 radical (unpaired) electrons. The summed E-state index contributed by atoms with van der Waals surface area (Å²) in [5.74, 6) is 1.60. The molecule has 0 unspecified atom stereocenters. The molecule has 22 heavy (non-hydrogen) atoms. The van der Waals surface area contributed by atoms with Crippen LogP contribution < -0.4 is 14.8 Å². The van der Waals surface area contributed by atoms with Crippen molar-refractivity contribution in [2.24, 2.45) is 0 Å². The Morgan fingerprint density at radius 2 is 1.86 bits per heavy atom. The smallest absolute Gasteiger partial charge is 0.161 e. The minimum absolute atomic E-state index is 0.294. The maximum atomic E-state index is 5.46. The SMILES string of the molecule is COc1cc2c(cc1OC)[C@@H](Cc1ccccc1Br)NCC2. The maximum Gasteiger partial charge on any atom is 0.161 e. The Morgan fingerprint density at radius 3 is 2.59 bits per heavy atom. The van der Waals surface area contributed by atoms with Gasteiger partial charge in [-0.3, -0.25) is 0 Å². The van der Waals surface area contributed by atoms with Gasteiger partial charge < -0.3 is 14.8 Å². The fourth-order valence-corrected chi connectivity index (χ4v) is 3.48. The highest BCUT2D eigenvalue weighted by molar-refractivity contribution is 9.10. The Balaban J connectivity index is 1.95. The van der Waals surface area contributed by atoms with Gasteiger partial charge in [0.1, 0.15) is 0 Å². The van der Waals surface area contributed by atoms with E-state index in [0.717, 1.165) is 35.4 Å². The van der Waals surface area contributed by atoms with Crippen LogP contribution in [-0.4, -0.2) is 20.8 Å². The predicted molar refractivity (Wildman–Crippen MR) is 91.8 cm³/mol. The first-order valence-electron chi connectivity index (χ1n) is 7.44. The Morgan fingerprint density at radius 1 is 1.14 bits per heavy atom. The van der Waals surface area contributed by atoms with E-state index in [1.54, 1.807) is 14.2 Å². The molecule has 1 atom stereocenters. The Hall–Kier alpha value is -1.52. The Kier molecular flexibility index (Phi) is 4.69. The minimum Gasteiger partial charge on any atom is -0.493 e. The van der Waals surface area contributed by atoms with Crippen molar-refractivity contribution in [2.45, 2.75) is 18.9 Å². The topological polar surface area (TPSA) is 30.5 Å². The lowest BCUT2D eigenvalue weighted by Gasteiger charge is -2.28. The van der Waals surface area contributed by atoms with Gasteiger partial charge in [-0.25, -0.2) is 0 Å². The van der Waals surface area contributed by atoms with Gasteiger partial charge in [0.2, 0.25) is 0 Å². The first-order chi connectivity index (χ1) is 10.7. The maximum absolute atomic E-state index is 5.46. The second-order valence-corrected chi connectivity index (χ2v) is 6.31. The van der Waals surface area contributed by atoms with Crippen molar-refractivity contribution in [3.05, 3.63) is 57.6 Å². The molecule has 1 heterocycles. The van der Waals surface area contributed by atoms with Gasteiger partial charge in [-0.1, -0.05) is 34.1 Å². The number of nitrogens with one attached hydrogen (secondary N) is 1. The van der Waals surface area contributed by atoms with Crippen LogP contribution in [0.5, 0.6) is 11.5 Å². The Labute approximate surface area is 139 Å². The molecule has 0 bridgehead atoms. The largest absolute Gasteiger partial charge is 0.493 e. The highest BCUT2D eigenvalue weighted by Crippen LogP contribution is 2.36. The molecule has 0 aromatic heterocycles. The normalized spacial score (nSPS) is 17.0. The first kappa shape index (κ1) is 15.4. The molecule has 116 valence electrons. The quantitative estimate of drug-likeness (QED) is 0.895. The fraction of sp³-hybridized carbons (Fsp3) is 0.333. The summed E-state index contributed by atoms with van der Waals surface area (Å²) in [6.07, 6.45) is 1.96. The van der Waals surface area contributed by atoms with Crippen molar-refractivity contribution in [1.82, 2.24) is 5.32 Å². The van der Waals surface area contributed by atoms with Crippen LogP contribution in [0.2, 0.25) is 0 Å². The predicted octanol–water partition coefficient (Wildman–Crippen LogP) is 3.90. The molecule has 1 aliphatic heterocycles. The molecule has 0 spiro atoms. The van der Waals surface area contributed by atoms with Crippen molar-refractivity contribution in [1.29, 1.82) is 0 Å². The van der Waals surface area contributed by atoms with Crippen LogP contribution in [-0.2, 0) is 12.8 Å². The molecule has 4 heteroatoms.